The van der Waals surface area contributed by atoms with Crippen LogP contribution in [-0.2, 0) is 4.74 Å². The Hall–Kier alpha value is -0.0800. The molecule has 0 aromatic carbocycles. The molecule has 2 heteroatoms. The summed E-state index contributed by atoms with van der Waals surface area (Å²) >= 11 is 0. The summed E-state index contributed by atoms with van der Waals surface area (Å²) in [5.41, 5.74) is 0.484. The Labute approximate surface area is 131 Å². The number of ether oxygens (including phenoxy) is 1. The molecule has 3 aliphatic rings. The zero-order chi connectivity index (χ0) is 14.9. The van der Waals surface area contributed by atoms with Crippen molar-refractivity contribution in [2.45, 2.75) is 96.7 Å². The van der Waals surface area contributed by atoms with E-state index in [0.717, 1.165) is 30.5 Å². The summed E-state index contributed by atoms with van der Waals surface area (Å²) < 4.78 is 6.09. The zero-order valence-electron chi connectivity index (χ0n) is 14.4. The van der Waals surface area contributed by atoms with Gasteiger partial charge in [-0.25, -0.2) is 0 Å². The minimum Gasteiger partial charge on any atom is -0.378 e. The van der Waals surface area contributed by atoms with Gasteiger partial charge < -0.3 is 10.1 Å². The highest BCUT2D eigenvalue weighted by Gasteiger charge is 2.56. The van der Waals surface area contributed by atoms with E-state index in [2.05, 4.69) is 26.1 Å². The maximum absolute atomic E-state index is 6.09. The van der Waals surface area contributed by atoms with Gasteiger partial charge in [0.25, 0.3) is 0 Å². The molecule has 0 bridgehead atoms. The lowest BCUT2D eigenvalue weighted by atomic mass is 9.55. The van der Waals surface area contributed by atoms with Gasteiger partial charge in [0.05, 0.1) is 6.10 Å². The Kier molecular flexibility index (Phi) is 4.95. The molecular formula is C19H35NO. The largest absolute Gasteiger partial charge is 0.378 e. The summed E-state index contributed by atoms with van der Waals surface area (Å²) in [6, 6.07) is 1.50. The van der Waals surface area contributed by atoms with Gasteiger partial charge in [0.2, 0.25) is 0 Å². The van der Waals surface area contributed by atoms with Crippen molar-refractivity contribution in [3.63, 3.8) is 0 Å². The third kappa shape index (κ3) is 2.79. The van der Waals surface area contributed by atoms with Crippen LogP contribution in [0.5, 0.6) is 0 Å². The molecule has 122 valence electrons. The molecule has 3 rings (SSSR count). The van der Waals surface area contributed by atoms with Gasteiger partial charge in [-0.15, -0.1) is 0 Å². The summed E-state index contributed by atoms with van der Waals surface area (Å²) in [5.74, 6) is 1.81. The first-order valence-corrected chi connectivity index (χ1v) is 9.59. The Balaban J connectivity index is 1.62. The van der Waals surface area contributed by atoms with Gasteiger partial charge in [-0.1, -0.05) is 39.5 Å². The summed E-state index contributed by atoms with van der Waals surface area (Å²) in [7, 11) is 0. The quantitative estimate of drug-likeness (QED) is 0.804. The van der Waals surface area contributed by atoms with Gasteiger partial charge in [0.1, 0.15) is 0 Å². The smallest absolute Gasteiger partial charge is 0.0661 e. The average Bonchev–Trinajstić information content (AvgIpc) is 2.87. The molecule has 1 N–H and O–H groups in total. The molecule has 0 amide bonds. The highest BCUT2D eigenvalue weighted by Crippen LogP contribution is 2.54. The van der Waals surface area contributed by atoms with E-state index in [1.165, 1.54) is 57.8 Å². The maximum Gasteiger partial charge on any atom is 0.0661 e. The molecule has 3 fully saturated rings. The van der Waals surface area contributed by atoms with Crippen LogP contribution >= 0.6 is 0 Å². The Morgan fingerprint density at radius 2 is 1.86 bits per heavy atom. The van der Waals surface area contributed by atoms with Crippen molar-refractivity contribution in [3.8, 4) is 0 Å². The number of rotatable bonds is 5. The lowest BCUT2D eigenvalue weighted by Crippen LogP contribution is -2.66. The minimum absolute atomic E-state index is 0.484. The summed E-state index contributed by atoms with van der Waals surface area (Å²) in [6.07, 6.45) is 13.0. The van der Waals surface area contributed by atoms with Crippen molar-refractivity contribution in [2.24, 2.45) is 17.3 Å². The van der Waals surface area contributed by atoms with Crippen molar-refractivity contribution >= 4 is 0 Å². The third-order valence-corrected chi connectivity index (χ3v) is 7.10. The Morgan fingerprint density at radius 3 is 2.48 bits per heavy atom. The van der Waals surface area contributed by atoms with E-state index in [1.807, 2.05) is 0 Å². The fourth-order valence-corrected chi connectivity index (χ4v) is 5.61. The monoisotopic (exact) mass is 293 g/mol. The molecule has 0 radical (unpaired) electrons. The molecule has 3 aliphatic carbocycles. The van der Waals surface area contributed by atoms with Crippen molar-refractivity contribution in [1.29, 1.82) is 0 Å². The van der Waals surface area contributed by atoms with E-state index in [4.69, 9.17) is 4.74 Å². The van der Waals surface area contributed by atoms with Crippen LogP contribution in [0.4, 0.5) is 0 Å². The lowest BCUT2D eigenvalue weighted by Gasteiger charge is -2.58. The molecule has 0 heterocycles. The standard InChI is InChI=1S/C19H35NO/c1-4-15-9-10-16(14(15)3)20-17-13-18(21-5-2)19(17)11-7-6-8-12-19/h14-18,20H,4-13H2,1-3H3. The second-order valence-corrected chi connectivity index (χ2v) is 7.90. The maximum atomic E-state index is 6.09. The van der Waals surface area contributed by atoms with Crippen LogP contribution < -0.4 is 5.32 Å². The second-order valence-electron chi connectivity index (χ2n) is 7.90. The molecule has 0 aliphatic heterocycles. The van der Waals surface area contributed by atoms with Crippen LogP contribution in [0.3, 0.4) is 0 Å². The normalized spacial score (nSPS) is 42.1. The first-order valence-electron chi connectivity index (χ1n) is 9.59. The molecule has 0 saturated heterocycles. The number of nitrogens with one attached hydrogen (secondary N) is 1. The van der Waals surface area contributed by atoms with Crippen LogP contribution in [0, 0.1) is 17.3 Å². The highest BCUT2D eigenvalue weighted by molar-refractivity contribution is 5.10. The van der Waals surface area contributed by atoms with Crippen molar-refractivity contribution in [2.75, 3.05) is 6.61 Å². The molecule has 5 unspecified atom stereocenters. The van der Waals surface area contributed by atoms with Gasteiger partial charge in [-0.2, -0.15) is 0 Å². The predicted molar refractivity (Wildman–Crippen MR) is 88.4 cm³/mol. The molecule has 2 nitrogen and oxygen atoms in total. The summed E-state index contributed by atoms with van der Waals surface area (Å²) in [6.45, 7) is 7.88. The molecule has 21 heavy (non-hydrogen) atoms. The van der Waals surface area contributed by atoms with E-state index in [0.29, 0.717) is 11.5 Å². The van der Waals surface area contributed by atoms with Gasteiger partial charge in [0, 0.05) is 24.1 Å². The average molecular weight is 293 g/mol. The predicted octanol–water partition coefficient (Wildman–Crippen LogP) is 4.53. The van der Waals surface area contributed by atoms with E-state index >= 15 is 0 Å². The van der Waals surface area contributed by atoms with E-state index in [9.17, 15) is 0 Å². The fraction of sp³-hybridized carbons (Fsp3) is 1.00. The lowest BCUT2D eigenvalue weighted by molar-refractivity contribution is -0.152. The Bertz CT molecular complexity index is 336. The van der Waals surface area contributed by atoms with Crippen LogP contribution in [0.25, 0.3) is 0 Å². The fourth-order valence-electron chi connectivity index (χ4n) is 5.61. The first kappa shape index (κ1) is 15.8. The summed E-state index contributed by atoms with van der Waals surface area (Å²) in [5, 5.41) is 4.10. The van der Waals surface area contributed by atoms with Crippen LogP contribution in [-0.4, -0.2) is 24.8 Å². The zero-order valence-corrected chi connectivity index (χ0v) is 14.4. The van der Waals surface area contributed by atoms with Crippen molar-refractivity contribution in [3.05, 3.63) is 0 Å². The number of hydrogen-bond donors (Lipinski definition) is 1. The molecule has 3 saturated carbocycles. The Morgan fingerprint density at radius 1 is 1.10 bits per heavy atom. The topological polar surface area (TPSA) is 21.3 Å². The van der Waals surface area contributed by atoms with Gasteiger partial charge in [0.15, 0.2) is 0 Å². The van der Waals surface area contributed by atoms with Crippen LogP contribution in [0.1, 0.15) is 78.6 Å². The first-order chi connectivity index (χ1) is 10.2. The van der Waals surface area contributed by atoms with Crippen molar-refractivity contribution < 1.29 is 4.74 Å². The van der Waals surface area contributed by atoms with Gasteiger partial charge in [-0.3, -0.25) is 0 Å². The number of hydrogen-bond acceptors (Lipinski definition) is 2. The molecular weight excluding hydrogens is 258 g/mol. The molecule has 5 atom stereocenters. The van der Waals surface area contributed by atoms with E-state index in [-0.39, 0.29) is 0 Å². The van der Waals surface area contributed by atoms with Gasteiger partial charge in [-0.05, 0) is 50.9 Å². The van der Waals surface area contributed by atoms with Crippen LogP contribution in [0.2, 0.25) is 0 Å². The SMILES string of the molecule is CCOC1CC(NC2CCC(CC)C2C)C12CCCCC2. The van der Waals surface area contributed by atoms with E-state index < -0.39 is 0 Å². The highest BCUT2D eigenvalue weighted by atomic mass is 16.5. The molecule has 0 aromatic rings. The third-order valence-electron chi connectivity index (χ3n) is 7.10. The molecule has 1 spiro atoms. The van der Waals surface area contributed by atoms with Gasteiger partial charge >= 0.3 is 0 Å². The van der Waals surface area contributed by atoms with E-state index in [1.54, 1.807) is 0 Å². The summed E-state index contributed by atoms with van der Waals surface area (Å²) in [4.78, 5) is 0. The van der Waals surface area contributed by atoms with Crippen molar-refractivity contribution in [1.82, 2.24) is 5.32 Å². The second kappa shape index (κ2) is 6.58. The minimum atomic E-state index is 0.484. The molecule has 0 aromatic heterocycles. The van der Waals surface area contributed by atoms with Crippen LogP contribution in [0.15, 0.2) is 0 Å².